The van der Waals surface area contributed by atoms with Crippen LogP contribution in [-0.2, 0) is 28.2 Å². The van der Waals surface area contributed by atoms with E-state index in [9.17, 15) is 19.2 Å². The average Bonchev–Trinajstić information content (AvgIpc) is 2.23. The summed E-state index contributed by atoms with van der Waals surface area (Å²) in [5.41, 5.74) is 0. The zero-order valence-electron chi connectivity index (χ0n) is 8.67. The number of carbonyl (C=O) groups excluding carboxylic acids is 2. The van der Waals surface area contributed by atoms with Crippen LogP contribution in [0, 0.1) is 0 Å². The smallest absolute Gasteiger partial charge is 0.311 e. The van der Waals surface area contributed by atoms with Crippen LogP contribution in [0.5, 0.6) is 0 Å². The first-order valence-corrected chi connectivity index (χ1v) is 5.31. The van der Waals surface area contributed by atoms with E-state index in [0.717, 1.165) is 0 Å². The Morgan fingerprint density at radius 1 is 0.765 bits per heavy atom. The predicted molar refractivity (Wildman–Crippen MR) is 54.2 cm³/mol. The summed E-state index contributed by atoms with van der Waals surface area (Å²) in [4.78, 5) is 41.8. The standard InChI is InChI=1S/C8H11O8P/c9-5(10)1-3-7(13)15-17-16-8(14)4-2-6(11)12/h17H,1-4H2,(H,9,10)(H,11,12). The van der Waals surface area contributed by atoms with Crippen molar-refractivity contribution in [3.05, 3.63) is 0 Å². The van der Waals surface area contributed by atoms with Gasteiger partial charge >= 0.3 is 23.9 Å². The molecule has 0 spiro atoms. The molecule has 0 atom stereocenters. The molecule has 0 unspecified atom stereocenters. The number of rotatable bonds is 8. The number of carboxylic acid groups (broad SMARTS) is 2. The Balaban J connectivity index is 3.55. The van der Waals surface area contributed by atoms with Gasteiger partial charge in [-0.15, -0.1) is 0 Å². The van der Waals surface area contributed by atoms with Crippen molar-refractivity contribution >= 4 is 32.9 Å². The molecule has 9 heteroatoms. The monoisotopic (exact) mass is 266 g/mol. The van der Waals surface area contributed by atoms with E-state index in [2.05, 4.69) is 9.05 Å². The summed E-state index contributed by atoms with van der Waals surface area (Å²) in [7, 11) is -0.885. The first-order valence-electron chi connectivity index (χ1n) is 4.49. The minimum Gasteiger partial charge on any atom is -0.481 e. The number of hydrogen-bond acceptors (Lipinski definition) is 6. The lowest BCUT2D eigenvalue weighted by molar-refractivity contribution is -0.144. The topological polar surface area (TPSA) is 127 Å². The van der Waals surface area contributed by atoms with Gasteiger partial charge in [0.05, 0.1) is 25.7 Å². The van der Waals surface area contributed by atoms with Gasteiger partial charge in [-0.1, -0.05) is 0 Å². The van der Waals surface area contributed by atoms with Gasteiger partial charge in [0, 0.05) is 0 Å². The number of carboxylic acids is 2. The third kappa shape index (κ3) is 10.6. The molecule has 96 valence electrons. The molecular formula is C8H11O8P. The second-order valence-corrected chi connectivity index (χ2v) is 3.39. The molecule has 0 aliphatic heterocycles. The Labute approximate surface area is 97.8 Å². The van der Waals surface area contributed by atoms with Crippen molar-refractivity contribution in [3.63, 3.8) is 0 Å². The Bertz CT molecular complexity index is 283. The molecule has 17 heavy (non-hydrogen) atoms. The summed E-state index contributed by atoms with van der Waals surface area (Å²) in [5, 5.41) is 16.5. The molecule has 0 fully saturated rings. The molecule has 0 amide bonds. The van der Waals surface area contributed by atoms with Crippen LogP contribution in [-0.4, -0.2) is 34.1 Å². The summed E-state index contributed by atoms with van der Waals surface area (Å²) >= 11 is 0. The molecule has 0 saturated carbocycles. The van der Waals surface area contributed by atoms with E-state index in [4.69, 9.17) is 10.2 Å². The number of hydrogen-bond donors (Lipinski definition) is 2. The first-order chi connectivity index (χ1) is 7.91. The maximum absolute atomic E-state index is 10.8. The largest absolute Gasteiger partial charge is 0.481 e. The van der Waals surface area contributed by atoms with Crippen molar-refractivity contribution < 1.29 is 38.4 Å². The first kappa shape index (κ1) is 15.3. The van der Waals surface area contributed by atoms with Gasteiger partial charge in [-0.25, -0.2) is 0 Å². The Morgan fingerprint density at radius 3 is 1.41 bits per heavy atom. The van der Waals surface area contributed by atoms with Gasteiger partial charge in [0.15, 0.2) is 0 Å². The van der Waals surface area contributed by atoms with Gasteiger partial charge < -0.3 is 19.3 Å². The fraction of sp³-hybridized carbons (Fsp3) is 0.500. The van der Waals surface area contributed by atoms with Crippen LogP contribution in [0.1, 0.15) is 25.7 Å². The summed E-state index contributed by atoms with van der Waals surface area (Å²) in [6.07, 6.45) is -1.35. The Hall–Kier alpha value is -1.69. The lowest BCUT2D eigenvalue weighted by Crippen LogP contribution is -2.06. The van der Waals surface area contributed by atoms with Gasteiger partial charge in [-0.3, -0.25) is 19.2 Å². The quantitative estimate of drug-likeness (QED) is 0.601. The van der Waals surface area contributed by atoms with Crippen LogP contribution in [0.2, 0.25) is 0 Å². The van der Waals surface area contributed by atoms with E-state index < -0.39 is 32.9 Å². The van der Waals surface area contributed by atoms with Gasteiger partial charge in [-0.05, 0) is 0 Å². The highest BCUT2D eigenvalue weighted by molar-refractivity contribution is 7.27. The van der Waals surface area contributed by atoms with E-state index >= 15 is 0 Å². The van der Waals surface area contributed by atoms with Crippen LogP contribution in [0.15, 0.2) is 0 Å². The lowest BCUT2D eigenvalue weighted by Gasteiger charge is -2.03. The van der Waals surface area contributed by atoms with Crippen molar-refractivity contribution in [3.8, 4) is 0 Å². The molecule has 0 heterocycles. The number of carbonyl (C=O) groups is 4. The SMILES string of the molecule is O=C(O)CCC(=O)OPOC(=O)CCC(=O)O. The van der Waals surface area contributed by atoms with E-state index in [1.807, 2.05) is 0 Å². The molecule has 0 aliphatic carbocycles. The lowest BCUT2D eigenvalue weighted by atomic mass is 10.3. The van der Waals surface area contributed by atoms with E-state index in [-0.39, 0.29) is 25.7 Å². The molecule has 0 bridgehead atoms. The summed E-state index contributed by atoms with van der Waals surface area (Å²) in [6, 6.07) is 0. The Kier molecular flexibility index (Phi) is 7.62. The fourth-order valence-electron chi connectivity index (χ4n) is 0.634. The second-order valence-electron chi connectivity index (χ2n) is 2.82. The van der Waals surface area contributed by atoms with Gasteiger partial charge in [-0.2, -0.15) is 0 Å². The minimum absolute atomic E-state index is 0.311. The van der Waals surface area contributed by atoms with Gasteiger partial charge in [0.1, 0.15) is 0 Å². The molecule has 8 nitrogen and oxygen atoms in total. The highest BCUT2D eigenvalue weighted by Gasteiger charge is 2.10. The van der Waals surface area contributed by atoms with Crippen LogP contribution < -0.4 is 0 Å². The minimum atomic E-state index is -1.14. The van der Waals surface area contributed by atoms with E-state index in [1.54, 1.807) is 0 Å². The van der Waals surface area contributed by atoms with Crippen LogP contribution in [0.3, 0.4) is 0 Å². The molecule has 0 aromatic carbocycles. The molecule has 0 aromatic rings. The van der Waals surface area contributed by atoms with Crippen molar-refractivity contribution in [2.75, 3.05) is 0 Å². The van der Waals surface area contributed by atoms with Crippen molar-refractivity contribution in [1.82, 2.24) is 0 Å². The van der Waals surface area contributed by atoms with Crippen LogP contribution in [0.4, 0.5) is 0 Å². The highest BCUT2D eigenvalue weighted by Crippen LogP contribution is 2.16. The highest BCUT2D eigenvalue weighted by atomic mass is 31.1. The Morgan fingerprint density at radius 2 is 1.12 bits per heavy atom. The summed E-state index contributed by atoms with van der Waals surface area (Å²) < 4.78 is 8.81. The van der Waals surface area contributed by atoms with Crippen LogP contribution >= 0.6 is 9.03 Å². The maximum Gasteiger partial charge on any atom is 0.311 e. The van der Waals surface area contributed by atoms with E-state index in [1.165, 1.54) is 0 Å². The molecule has 0 saturated heterocycles. The number of aliphatic carboxylic acids is 2. The van der Waals surface area contributed by atoms with Gasteiger partial charge in [0.2, 0.25) is 0 Å². The molecule has 2 N–H and O–H groups in total. The fourth-order valence-corrected chi connectivity index (χ4v) is 1.07. The molecular weight excluding hydrogens is 255 g/mol. The molecule has 0 aromatic heterocycles. The zero-order valence-corrected chi connectivity index (χ0v) is 9.67. The van der Waals surface area contributed by atoms with Crippen molar-refractivity contribution in [2.24, 2.45) is 0 Å². The third-order valence-electron chi connectivity index (χ3n) is 1.40. The van der Waals surface area contributed by atoms with Crippen LogP contribution in [0.25, 0.3) is 0 Å². The summed E-state index contributed by atoms with van der Waals surface area (Å²) in [5.74, 6) is -3.86. The van der Waals surface area contributed by atoms with Crippen molar-refractivity contribution in [2.45, 2.75) is 25.7 Å². The van der Waals surface area contributed by atoms with Crippen molar-refractivity contribution in [1.29, 1.82) is 0 Å². The zero-order chi connectivity index (χ0) is 13.3. The molecule has 0 aliphatic rings. The van der Waals surface area contributed by atoms with Gasteiger partial charge in [0.25, 0.3) is 9.03 Å². The molecule has 0 rings (SSSR count). The maximum atomic E-state index is 10.8. The second kappa shape index (κ2) is 8.46. The van der Waals surface area contributed by atoms with E-state index in [0.29, 0.717) is 0 Å². The average molecular weight is 266 g/mol. The third-order valence-corrected chi connectivity index (χ3v) is 2.02. The normalized spacial score (nSPS) is 9.41. The summed E-state index contributed by atoms with van der Waals surface area (Å²) in [6.45, 7) is 0. The predicted octanol–water partition coefficient (Wildman–Crippen LogP) is 0.311. The molecule has 0 radical (unpaired) electrons.